The number of anilines is 1. The van der Waals surface area contributed by atoms with Crippen LogP contribution in [0, 0.1) is 13.8 Å². The lowest BCUT2D eigenvalue weighted by Crippen LogP contribution is -2.44. The molecule has 0 saturated carbocycles. The number of imidazole rings is 1. The molecule has 0 aliphatic carbocycles. The van der Waals surface area contributed by atoms with E-state index in [0.717, 1.165) is 68.6 Å². The summed E-state index contributed by atoms with van der Waals surface area (Å²) in [5.41, 5.74) is 5.28. The van der Waals surface area contributed by atoms with Gasteiger partial charge in [0.15, 0.2) is 11.6 Å². The highest BCUT2D eigenvalue weighted by Crippen LogP contribution is 2.33. The summed E-state index contributed by atoms with van der Waals surface area (Å²) in [5.74, 6) is 3.23. The molecular weight excluding hydrogens is 456 g/mol. The second-order valence-corrected chi connectivity index (χ2v) is 9.17. The summed E-state index contributed by atoms with van der Waals surface area (Å²) >= 11 is 0. The average molecular weight is 485 g/mol. The van der Waals surface area contributed by atoms with Crippen molar-refractivity contribution in [2.45, 2.75) is 26.8 Å². The second kappa shape index (κ2) is 8.56. The third-order valence-corrected chi connectivity index (χ3v) is 6.95. The number of nitrogens with zero attached hydrogens (tertiary/aromatic N) is 8. The summed E-state index contributed by atoms with van der Waals surface area (Å²) in [6, 6.07) is 6.10. The number of aryl methyl sites for hydroxylation is 3. The fraction of sp³-hybridized carbons (Fsp3) is 0.346. The van der Waals surface area contributed by atoms with Crippen molar-refractivity contribution in [2.75, 3.05) is 31.8 Å². The molecule has 1 aliphatic heterocycles. The van der Waals surface area contributed by atoms with Crippen LogP contribution in [0.5, 0.6) is 5.75 Å². The Morgan fingerprint density at radius 3 is 2.75 bits per heavy atom. The fourth-order valence-electron chi connectivity index (χ4n) is 4.87. The van der Waals surface area contributed by atoms with Gasteiger partial charge in [0, 0.05) is 43.1 Å². The normalized spacial score (nSPS) is 16.2. The highest BCUT2D eigenvalue weighted by Gasteiger charge is 2.26. The maximum absolute atomic E-state index is 5.69. The first-order chi connectivity index (χ1) is 17.5. The summed E-state index contributed by atoms with van der Waals surface area (Å²) in [5, 5.41) is 5.71. The minimum absolute atomic E-state index is 0.192. The van der Waals surface area contributed by atoms with Crippen molar-refractivity contribution in [3.8, 4) is 22.8 Å². The molecule has 1 saturated heterocycles. The SMILES string of the molecule is COc1ccncc1-c1cc2c(cnn2-c2cc3c(nc(C)n3C)c(N3CCOC[C@@H]3C)n2)c(C)n1. The molecule has 6 heterocycles. The molecule has 184 valence electrons. The molecule has 10 nitrogen and oxygen atoms in total. The maximum atomic E-state index is 5.69. The van der Waals surface area contributed by atoms with Crippen LogP contribution < -0.4 is 9.64 Å². The maximum Gasteiger partial charge on any atom is 0.159 e. The molecule has 36 heavy (non-hydrogen) atoms. The number of fused-ring (bicyclic) bond motifs is 2. The molecule has 5 aromatic heterocycles. The number of rotatable bonds is 4. The predicted molar refractivity (Wildman–Crippen MR) is 138 cm³/mol. The van der Waals surface area contributed by atoms with Gasteiger partial charge in [0.1, 0.15) is 17.1 Å². The van der Waals surface area contributed by atoms with E-state index in [-0.39, 0.29) is 6.04 Å². The van der Waals surface area contributed by atoms with E-state index < -0.39 is 0 Å². The first kappa shape index (κ1) is 22.4. The van der Waals surface area contributed by atoms with E-state index >= 15 is 0 Å². The Balaban J connectivity index is 1.58. The standard InChI is InChI=1S/C26H28N8O2/c1-15-14-36-9-8-33(15)26-25-22(32(4)17(3)30-25)11-24(31-26)34-21-10-20(29-16(2)18(21)13-28-34)19-12-27-7-6-23(19)35-5/h6-7,10-13,15H,8-9,14H2,1-5H3/t15-/m0/s1. The van der Waals surface area contributed by atoms with E-state index in [9.17, 15) is 0 Å². The lowest BCUT2D eigenvalue weighted by atomic mass is 10.1. The Labute approximate surface area is 208 Å². The van der Waals surface area contributed by atoms with E-state index in [4.69, 9.17) is 29.5 Å². The van der Waals surface area contributed by atoms with E-state index in [1.165, 1.54) is 0 Å². The van der Waals surface area contributed by atoms with Crippen molar-refractivity contribution in [1.82, 2.24) is 34.3 Å². The van der Waals surface area contributed by atoms with Crippen LogP contribution in [0.3, 0.4) is 0 Å². The molecule has 0 amide bonds. The molecule has 6 rings (SSSR count). The Morgan fingerprint density at radius 1 is 1.08 bits per heavy atom. The lowest BCUT2D eigenvalue weighted by Gasteiger charge is -2.34. The monoisotopic (exact) mass is 484 g/mol. The minimum atomic E-state index is 0.192. The fourth-order valence-corrected chi connectivity index (χ4v) is 4.87. The molecule has 0 unspecified atom stereocenters. The molecule has 1 aliphatic rings. The molecule has 0 aromatic carbocycles. The van der Waals surface area contributed by atoms with Crippen LogP contribution in [0.15, 0.2) is 36.8 Å². The summed E-state index contributed by atoms with van der Waals surface area (Å²) in [6.45, 7) is 8.23. The van der Waals surface area contributed by atoms with E-state index in [1.807, 2.05) is 43.9 Å². The zero-order valence-corrected chi connectivity index (χ0v) is 21.1. The number of hydrogen-bond acceptors (Lipinski definition) is 8. The Kier molecular flexibility index (Phi) is 5.33. The molecule has 0 bridgehead atoms. The van der Waals surface area contributed by atoms with Crippen molar-refractivity contribution >= 4 is 27.8 Å². The Bertz CT molecular complexity index is 1610. The van der Waals surface area contributed by atoms with Crippen LogP contribution in [-0.4, -0.2) is 67.2 Å². The molecule has 1 atom stereocenters. The molecule has 0 radical (unpaired) electrons. The Hall–Kier alpha value is -4.05. The zero-order valence-electron chi connectivity index (χ0n) is 21.1. The van der Waals surface area contributed by atoms with Gasteiger partial charge in [-0.25, -0.2) is 14.6 Å². The van der Waals surface area contributed by atoms with E-state index in [0.29, 0.717) is 13.2 Å². The first-order valence-electron chi connectivity index (χ1n) is 12.0. The lowest BCUT2D eigenvalue weighted by molar-refractivity contribution is 0.0987. The van der Waals surface area contributed by atoms with Crippen LogP contribution in [0.1, 0.15) is 18.4 Å². The van der Waals surface area contributed by atoms with Gasteiger partial charge < -0.3 is 18.9 Å². The molecule has 10 heteroatoms. The minimum Gasteiger partial charge on any atom is -0.496 e. The van der Waals surface area contributed by atoms with Gasteiger partial charge in [0.2, 0.25) is 0 Å². The highest BCUT2D eigenvalue weighted by atomic mass is 16.5. The van der Waals surface area contributed by atoms with Crippen LogP contribution >= 0.6 is 0 Å². The number of aromatic nitrogens is 7. The van der Waals surface area contributed by atoms with Crippen LogP contribution in [0.2, 0.25) is 0 Å². The third-order valence-electron chi connectivity index (χ3n) is 6.95. The number of pyridine rings is 3. The van der Waals surface area contributed by atoms with Gasteiger partial charge in [0.25, 0.3) is 0 Å². The van der Waals surface area contributed by atoms with E-state index in [2.05, 4.69) is 27.4 Å². The molecule has 0 N–H and O–H groups in total. The summed E-state index contributed by atoms with van der Waals surface area (Å²) < 4.78 is 15.2. The van der Waals surface area contributed by atoms with Crippen molar-refractivity contribution in [1.29, 1.82) is 0 Å². The highest BCUT2D eigenvalue weighted by molar-refractivity contribution is 5.90. The predicted octanol–water partition coefficient (Wildman–Crippen LogP) is 3.61. The average Bonchev–Trinajstić information content (AvgIpc) is 3.45. The summed E-state index contributed by atoms with van der Waals surface area (Å²) in [6.07, 6.45) is 5.33. The van der Waals surface area contributed by atoms with Crippen molar-refractivity contribution in [3.05, 3.63) is 48.3 Å². The first-order valence-corrected chi connectivity index (χ1v) is 12.0. The van der Waals surface area contributed by atoms with Gasteiger partial charge in [-0.1, -0.05) is 0 Å². The number of ether oxygens (including phenoxy) is 2. The van der Waals surface area contributed by atoms with Crippen molar-refractivity contribution < 1.29 is 9.47 Å². The largest absolute Gasteiger partial charge is 0.496 e. The number of morpholine rings is 1. The van der Waals surface area contributed by atoms with Crippen LogP contribution in [0.4, 0.5) is 5.82 Å². The van der Waals surface area contributed by atoms with Crippen LogP contribution in [0.25, 0.3) is 39.0 Å². The topological polar surface area (TPSA) is 96.0 Å². The van der Waals surface area contributed by atoms with Gasteiger partial charge >= 0.3 is 0 Å². The van der Waals surface area contributed by atoms with Gasteiger partial charge in [0.05, 0.1) is 54.9 Å². The summed E-state index contributed by atoms with van der Waals surface area (Å²) in [7, 11) is 3.68. The van der Waals surface area contributed by atoms with Gasteiger partial charge in [-0.15, -0.1) is 0 Å². The second-order valence-electron chi connectivity index (χ2n) is 9.17. The number of methoxy groups -OCH3 is 1. The zero-order chi connectivity index (χ0) is 25.0. The summed E-state index contributed by atoms with van der Waals surface area (Å²) in [4.78, 5) is 21.4. The van der Waals surface area contributed by atoms with Crippen molar-refractivity contribution in [2.24, 2.45) is 7.05 Å². The number of hydrogen-bond donors (Lipinski definition) is 0. The van der Waals surface area contributed by atoms with E-state index in [1.54, 1.807) is 19.5 Å². The quantitative estimate of drug-likeness (QED) is 0.382. The van der Waals surface area contributed by atoms with Gasteiger partial charge in [-0.05, 0) is 32.9 Å². The van der Waals surface area contributed by atoms with Gasteiger partial charge in [-0.3, -0.25) is 9.97 Å². The van der Waals surface area contributed by atoms with Crippen molar-refractivity contribution in [3.63, 3.8) is 0 Å². The van der Waals surface area contributed by atoms with Gasteiger partial charge in [-0.2, -0.15) is 5.10 Å². The third kappa shape index (κ3) is 3.48. The molecule has 1 fully saturated rings. The molecule has 0 spiro atoms. The van der Waals surface area contributed by atoms with Crippen LogP contribution in [-0.2, 0) is 11.8 Å². The molecular formula is C26H28N8O2. The molecule has 5 aromatic rings. The smallest absolute Gasteiger partial charge is 0.159 e. The Morgan fingerprint density at radius 2 is 1.94 bits per heavy atom.